The van der Waals surface area contributed by atoms with E-state index in [-0.39, 0.29) is 11.4 Å². The highest BCUT2D eigenvalue weighted by Gasteiger charge is 2.50. The van der Waals surface area contributed by atoms with Crippen molar-refractivity contribution in [1.82, 2.24) is 14.9 Å². The van der Waals surface area contributed by atoms with Crippen molar-refractivity contribution in [2.24, 2.45) is 5.92 Å². The van der Waals surface area contributed by atoms with E-state index >= 15 is 0 Å². The van der Waals surface area contributed by atoms with Crippen LogP contribution in [0.5, 0.6) is 0 Å². The molecule has 114 valence electrons. The Morgan fingerprint density at radius 2 is 2.23 bits per heavy atom. The Morgan fingerprint density at radius 3 is 2.91 bits per heavy atom. The fraction of sp³-hybridized carbons (Fsp3) is 0.471. The summed E-state index contributed by atoms with van der Waals surface area (Å²) in [5, 5.41) is 2.80. The lowest BCUT2D eigenvalue weighted by Crippen LogP contribution is -2.62. The summed E-state index contributed by atoms with van der Waals surface area (Å²) in [7, 11) is 0. The third-order valence-corrected chi connectivity index (χ3v) is 5.82. The smallest absolute Gasteiger partial charge is 0.273 e. The number of aryl methyl sites for hydroxylation is 1. The summed E-state index contributed by atoms with van der Waals surface area (Å²) in [5.41, 5.74) is 2.32. The summed E-state index contributed by atoms with van der Waals surface area (Å²) in [5.74, 6) is 0.882. The lowest BCUT2D eigenvalue weighted by molar-refractivity contribution is -0.0455. The number of hydrogen-bond donors (Lipinski definition) is 0. The topological polar surface area (TPSA) is 46.1 Å². The van der Waals surface area contributed by atoms with Gasteiger partial charge in [0.1, 0.15) is 10.7 Å². The normalized spacial score (nSPS) is 26.6. The summed E-state index contributed by atoms with van der Waals surface area (Å²) >= 11 is 1.55. The van der Waals surface area contributed by atoms with E-state index in [0.717, 1.165) is 48.0 Å². The summed E-state index contributed by atoms with van der Waals surface area (Å²) in [6, 6.07) is 3.93. The molecule has 0 radical (unpaired) electrons. The van der Waals surface area contributed by atoms with E-state index < -0.39 is 0 Å². The maximum atomic E-state index is 13.1. The molecule has 5 rings (SSSR count). The molecular weight excluding hydrogens is 294 g/mol. The Bertz CT molecular complexity index is 720. The van der Waals surface area contributed by atoms with E-state index in [1.165, 1.54) is 0 Å². The zero-order valence-electron chi connectivity index (χ0n) is 12.9. The Balaban J connectivity index is 1.75. The third kappa shape index (κ3) is 2.07. The molecule has 2 bridgehead atoms. The Labute approximate surface area is 134 Å². The number of nitrogens with zero attached hydrogens (tertiary/aromatic N) is 3. The van der Waals surface area contributed by atoms with Crippen molar-refractivity contribution in [2.75, 3.05) is 6.54 Å². The molecule has 3 fully saturated rings. The zero-order valence-corrected chi connectivity index (χ0v) is 13.7. The second kappa shape index (κ2) is 4.88. The fourth-order valence-corrected chi connectivity index (χ4v) is 4.58. The highest BCUT2D eigenvalue weighted by Crippen LogP contribution is 2.49. The molecule has 0 atom stereocenters. The highest BCUT2D eigenvalue weighted by atomic mass is 32.1. The number of thiazole rings is 1. The van der Waals surface area contributed by atoms with Crippen molar-refractivity contribution >= 4 is 17.2 Å². The van der Waals surface area contributed by atoms with Gasteiger partial charge in [0.25, 0.3) is 5.91 Å². The van der Waals surface area contributed by atoms with E-state index in [2.05, 4.69) is 16.9 Å². The van der Waals surface area contributed by atoms with Crippen LogP contribution < -0.4 is 0 Å². The first-order chi connectivity index (χ1) is 10.6. The minimum Gasteiger partial charge on any atom is -0.332 e. The van der Waals surface area contributed by atoms with Crippen molar-refractivity contribution in [2.45, 2.75) is 38.6 Å². The second-order valence-electron chi connectivity index (χ2n) is 6.70. The van der Waals surface area contributed by atoms with Crippen LogP contribution in [-0.4, -0.2) is 32.9 Å². The van der Waals surface area contributed by atoms with Gasteiger partial charge in [0.2, 0.25) is 0 Å². The monoisotopic (exact) mass is 313 g/mol. The summed E-state index contributed by atoms with van der Waals surface area (Å²) in [6.07, 6.45) is 5.17. The summed E-state index contributed by atoms with van der Waals surface area (Å²) < 4.78 is 0. The fourth-order valence-electron chi connectivity index (χ4n) is 3.91. The SMILES string of the molecule is Cc1ccc(-c2nccs2)c(C(=O)N2CCC3CC2(C)C3)n1. The number of rotatable bonds is 2. The first-order valence-corrected chi connectivity index (χ1v) is 8.64. The molecule has 5 heteroatoms. The maximum Gasteiger partial charge on any atom is 0.273 e. The third-order valence-electron chi connectivity index (χ3n) is 5.01. The molecule has 3 aliphatic rings. The van der Waals surface area contributed by atoms with Crippen molar-refractivity contribution < 1.29 is 4.79 Å². The van der Waals surface area contributed by atoms with Gasteiger partial charge >= 0.3 is 0 Å². The summed E-state index contributed by atoms with van der Waals surface area (Å²) in [4.78, 5) is 24.1. The molecule has 0 N–H and O–H groups in total. The van der Waals surface area contributed by atoms with Crippen LogP contribution >= 0.6 is 11.3 Å². The van der Waals surface area contributed by atoms with E-state index in [9.17, 15) is 4.79 Å². The number of piperidine rings is 2. The lowest BCUT2D eigenvalue weighted by atomic mass is 9.63. The minimum absolute atomic E-state index is 0.0333. The molecule has 4 heterocycles. The van der Waals surface area contributed by atoms with Gasteiger partial charge < -0.3 is 4.90 Å². The Kier molecular flexibility index (Phi) is 3.08. The van der Waals surface area contributed by atoms with E-state index in [4.69, 9.17) is 0 Å². The predicted molar refractivity (Wildman–Crippen MR) is 86.9 cm³/mol. The van der Waals surface area contributed by atoms with E-state index in [1.54, 1.807) is 17.5 Å². The zero-order chi connectivity index (χ0) is 15.3. The van der Waals surface area contributed by atoms with Crippen molar-refractivity contribution in [3.05, 3.63) is 35.1 Å². The number of amides is 1. The van der Waals surface area contributed by atoms with Crippen LogP contribution in [0.3, 0.4) is 0 Å². The lowest BCUT2D eigenvalue weighted by Gasteiger charge is -2.57. The molecule has 2 saturated heterocycles. The Hall–Kier alpha value is -1.75. The van der Waals surface area contributed by atoms with Gasteiger partial charge in [-0.15, -0.1) is 11.3 Å². The first-order valence-electron chi connectivity index (χ1n) is 7.76. The predicted octanol–water partition coefficient (Wildman–Crippen LogP) is 3.53. The van der Waals surface area contributed by atoms with Crippen molar-refractivity contribution in [3.63, 3.8) is 0 Å². The van der Waals surface area contributed by atoms with Crippen molar-refractivity contribution in [3.8, 4) is 10.6 Å². The minimum atomic E-state index is 0.0333. The average Bonchev–Trinajstić information content (AvgIpc) is 2.99. The van der Waals surface area contributed by atoms with Gasteiger partial charge in [0.05, 0.1) is 0 Å². The average molecular weight is 313 g/mol. The van der Waals surface area contributed by atoms with Crippen LogP contribution in [-0.2, 0) is 0 Å². The summed E-state index contributed by atoms with van der Waals surface area (Å²) in [6.45, 7) is 4.99. The number of aromatic nitrogens is 2. The van der Waals surface area contributed by atoms with Crippen LogP contribution in [0.1, 0.15) is 42.4 Å². The molecular formula is C17H19N3OS. The van der Waals surface area contributed by atoms with Crippen LogP contribution in [0.4, 0.5) is 0 Å². The molecule has 1 amide bonds. The van der Waals surface area contributed by atoms with Crippen LogP contribution in [0, 0.1) is 12.8 Å². The number of fused-ring (bicyclic) bond motifs is 2. The number of carbonyl (C=O) groups is 1. The van der Waals surface area contributed by atoms with Crippen LogP contribution in [0.2, 0.25) is 0 Å². The first kappa shape index (κ1) is 13.9. The van der Waals surface area contributed by atoms with Crippen LogP contribution in [0.15, 0.2) is 23.7 Å². The van der Waals surface area contributed by atoms with Gasteiger partial charge in [-0.25, -0.2) is 9.97 Å². The second-order valence-corrected chi connectivity index (χ2v) is 7.60. The van der Waals surface area contributed by atoms with Gasteiger partial charge in [0.15, 0.2) is 0 Å². The van der Waals surface area contributed by atoms with E-state index in [1.807, 2.05) is 29.3 Å². The molecule has 2 aromatic heterocycles. The molecule has 1 aliphatic carbocycles. The molecule has 2 aliphatic heterocycles. The maximum absolute atomic E-state index is 13.1. The Morgan fingerprint density at radius 1 is 1.41 bits per heavy atom. The molecule has 4 nitrogen and oxygen atoms in total. The molecule has 22 heavy (non-hydrogen) atoms. The molecule has 1 saturated carbocycles. The van der Waals surface area contributed by atoms with Gasteiger partial charge in [0, 0.05) is 34.9 Å². The molecule has 0 unspecified atom stereocenters. The number of hydrogen-bond acceptors (Lipinski definition) is 4. The van der Waals surface area contributed by atoms with Gasteiger partial charge in [-0.3, -0.25) is 4.79 Å². The van der Waals surface area contributed by atoms with Gasteiger partial charge in [-0.05, 0) is 51.2 Å². The quantitative estimate of drug-likeness (QED) is 0.852. The standard InChI is InChI=1S/C17H19N3OS/c1-11-3-4-13(15-18-6-8-22-15)14(19-11)16(21)20-7-5-12-9-17(20,2)10-12/h3-4,6,8,12H,5,7,9-10H2,1-2H3. The molecule has 2 aromatic rings. The number of pyridine rings is 1. The van der Waals surface area contributed by atoms with Crippen LogP contribution in [0.25, 0.3) is 10.6 Å². The van der Waals surface area contributed by atoms with Crippen molar-refractivity contribution in [1.29, 1.82) is 0 Å². The number of carbonyl (C=O) groups excluding carboxylic acids is 1. The molecule has 0 aromatic carbocycles. The highest BCUT2D eigenvalue weighted by molar-refractivity contribution is 7.13. The van der Waals surface area contributed by atoms with Gasteiger partial charge in [-0.1, -0.05) is 0 Å². The van der Waals surface area contributed by atoms with E-state index in [0.29, 0.717) is 5.69 Å². The van der Waals surface area contributed by atoms with Gasteiger partial charge in [-0.2, -0.15) is 0 Å². The largest absolute Gasteiger partial charge is 0.332 e. The molecule has 0 spiro atoms.